The first-order chi connectivity index (χ1) is 11.5. The zero-order valence-corrected chi connectivity index (χ0v) is 12.9. The van der Waals surface area contributed by atoms with E-state index in [1.807, 2.05) is 0 Å². The summed E-state index contributed by atoms with van der Waals surface area (Å²) < 4.78 is 18.5. The number of halogens is 1. The topological polar surface area (TPSA) is 63.6 Å². The molecule has 0 aliphatic carbocycles. The van der Waals surface area contributed by atoms with E-state index in [-0.39, 0.29) is 18.0 Å². The van der Waals surface area contributed by atoms with Crippen LogP contribution in [-0.2, 0) is 4.79 Å². The van der Waals surface area contributed by atoms with Gasteiger partial charge in [0.25, 0.3) is 0 Å². The second-order valence-electron chi connectivity index (χ2n) is 5.12. The Labute approximate surface area is 139 Å². The van der Waals surface area contributed by atoms with Crippen molar-refractivity contribution in [1.82, 2.24) is 0 Å². The number of hydrogen-bond donors (Lipinski definition) is 1. The van der Waals surface area contributed by atoms with Gasteiger partial charge in [0.1, 0.15) is 11.6 Å². The van der Waals surface area contributed by atoms with Gasteiger partial charge in [-0.05, 0) is 54.5 Å². The first kappa shape index (κ1) is 17.4. The Morgan fingerprint density at radius 2 is 1.88 bits per heavy atom. The number of carboxylic acid groups (broad SMARTS) is 1. The molecule has 0 unspecified atom stereocenters. The maximum absolute atomic E-state index is 13.1. The van der Waals surface area contributed by atoms with Crippen LogP contribution in [-0.4, -0.2) is 23.5 Å². The number of ketones is 1. The summed E-state index contributed by atoms with van der Waals surface area (Å²) in [5.41, 5.74) is 1.10. The minimum Gasteiger partial charge on any atom is -0.494 e. The van der Waals surface area contributed by atoms with Gasteiger partial charge in [-0.15, -0.1) is 0 Å². The van der Waals surface area contributed by atoms with Crippen LogP contribution in [0.5, 0.6) is 5.75 Å². The molecule has 0 heterocycles. The maximum Gasteiger partial charge on any atom is 0.303 e. The lowest BCUT2D eigenvalue weighted by molar-refractivity contribution is -0.137. The number of allylic oxidation sites excluding steroid dienone is 1. The first-order valence-corrected chi connectivity index (χ1v) is 7.47. The van der Waals surface area contributed by atoms with Crippen LogP contribution in [0.15, 0.2) is 54.6 Å². The van der Waals surface area contributed by atoms with Gasteiger partial charge in [-0.1, -0.05) is 18.2 Å². The van der Waals surface area contributed by atoms with Crippen LogP contribution >= 0.6 is 0 Å². The summed E-state index contributed by atoms with van der Waals surface area (Å²) in [6, 6.07) is 12.5. The molecular formula is C19H17FO4. The minimum absolute atomic E-state index is 0.0570. The van der Waals surface area contributed by atoms with Gasteiger partial charge in [-0.2, -0.15) is 0 Å². The Kier molecular flexibility index (Phi) is 6.25. The predicted molar refractivity (Wildman–Crippen MR) is 88.6 cm³/mol. The average molecular weight is 328 g/mol. The molecule has 0 saturated carbocycles. The van der Waals surface area contributed by atoms with E-state index in [9.17, 15) is 14.0 Å². The summed E-state index contributed by atoms with van der Waals surface area (Å²) in [6.45, 7) is 0.305. The van der Waals surface area contributed by atoms with Crippen molar-refractivity contribution in [3.05, 3.63) is 71.6 Å². The van der Waals surface area contributed by atoms with Crippen molar-refractivity contribution in [3.8, 4) is 5.75 Å². The highest BCUT2D eigenvalue weighted by Crippen LogP contribution is 2.14. The third-order valence-electron chi connectivity index (χ3n) is 3.22. The van der Waals surface area contributed by atoms with Crippen molar-refractivity contribution in [3.63, 3.8) is 0 Å². The molecule has 1 N–H and O–H groups in total. The van der Waals surface area contributed by atoms with Crippen LogP contribution in [0.2, 0.25) is 0 Å². The molecular weight excluding hydrogens is 311 g/mol. The van der Waals surface area contributed by atoms with Crippen LogP contribution in [0.4, 0.5) is 4.39 Å². The third kappa shape index (κ3) is 5.68. The fourth-order valence-corrected chi connectivity index (χ4v) is 2.01. The summed E-state index contributed by atoms with van der Waals surface area (Å²) in [5.74, 6) is -0.832. The van der Waals surface area contributed by atoms with Crippen molar-refractivity contribution in [2.24, 2.45) is 0 Å². The molecule has 0 atom stereocenters. The number of aliphatic carboxylic acids is 1. The standard InChI is InChI=1S/C19H17FO4/c20-16-4-1-3-14(13-16)6-11-18(21)15-7-9-17(10-8-15)24-12-2-5-19(22)23/h1,3-4,6-11,13H,2,5,12H2,(H,22,23)/b11-6+. The molecule has 2 aromatic carbocycles. The van der Waals surface area contributed by atoms with Gasteiger partial charge < -0.3 is 9.84 Å². The predicted octanol–water partition coefficient (Wildman–Crippen LogP) is 3.97. The first-order valence-electron chi connectivity index (χ1n) is 7.47. The lowest BCUT2D eigenvalue weighted by Crippen LogP contribution is -2.02. The van der Waals surface area contributed by atoms with Gasteiger partial charge in [-0.3, -0.25) is 9.59 Å². The van der Waals surface area contributed by atoms with Crippen molar-refractivity contribution < 1.29 is 23.8 Å². The van der Waals surface area contributed by atoms with Crippen LogP contribution in [0.1, 0.15) is 28.8 Å². The fraction of sp³-hybridized carbons (Fsp3) is 0.158. The Hall–Kier alpha value is -2.95. The van der Waals surface area contributed by atoms with E-state index in [1.54, 1.807) is 42.5 Å². The smallest absolute Gasteiger partial charge is 0.303 e. The second-order valence-corrected chi connectivity index (χ2v) is 5.12. The third-order valence-corrected chi connectivity index (χ3v) is 3.22. The van der Waals surface area contributed by atoms with E-state index in [0.717, 1.165) is 0 Å². The number of rotatable bonds is 8. The van der Waals surface area contributed by atoms with Gasteiger partial charge in [0.05, 0.1) is 6.61 Å². The molecule has 0 spiro atoms. The van der Waals surface area contributed by atoms with Gasteiger partial charge >= 0.3 is 5.97 Å². The quantitative estimate of drug-likeness (QED) is 0.452. The molecule has 0 fully saturated rings. The van der Waals surface area contributed by atoms with E-state index >= 15 is 0 Å². The zero-order chi connectivity index (χ0) is 17.4. The molecule has 0 bridgehead atoms. The Bertz CT molecular complexity index is 735. The van der Waals surface area contributed by atoms with Gasteiger partial charge in [0.15, 0.2) is 5.78 Å². The van der Waals surface area contributed by atoms with Crippen molar-refractivity contribution >= 4 is 17.8 Å². The highest BCUT2D eigenvalue weighted by molar-refractivity contribution is 6.06. The SMILES string of the molecule is O=C(O)CCCOc1ccc(C(=O)/C=C/c2cccc(F)c2)cc1. The number of benzene rings is 2. The molecule has 0 saturated heterocycles. The lowest BCUT2D eigenvalue weighted by atomic mass is 10.1. The van der Waals surface area contributed by atoms with Crippen LogP contribution in [0, 0.1) is 5.82 Å². The van der Waals surface area contributed by atoms with Crippen LogP contribution in [0.25, 0.3) is 6.08 Å². The molecule has 24 heavy (non-hydrogen) atoms. The number of carbonyl (C=O) groups is 2. The summed E-state index contributed by atoms with van der Waals surface area (Å²) in [4.78, 5) is 22.5. The molecule has 4 nitrogen and oxygen atoms in total. The molecule has 5 heteroatoms. The van der Waals surface area contributed by atoms with E-state index in [1.165, 1.54) is 18.2 Å². The maximum atomic E-state index is 13.1. The molecule has 124 valence electrons. The monoisotopic (exact) mass is 328 g/mol. The highest BCUT2D eigenvalue weighted by Gasteiger charge is 2.03. The number of ether oxygens (including phenoxy) is 1. The summed E-state index contributed by atoms with van der Waals surface area (Å²) in [7, 11) is 0. The van der Waals surface area contributed by atoms with Gasteiger partial charge in [0.2, 0.25) is 0 Å². The van der Waals surface area contributed by atoms with Crippen molar-refractivity contribution in [2.45, 2.75) is 12.8 Å². The van der Waals surface area contributed by atoms with E-state index < -0.39 is 5.97 Å². The van der Waals surface area contributed by atoms with Crippen LogP contribution < -0.4 is 4.74 Å². The molecule has 0 radical (unpaired) electrons. The fourth-order valence-electron chi connectivity index (χ4n) is 2.01. The second kappa shape index (κ2) is 8.62. The molecule has 0 amide bonds. The Morgan fingerprint density at radius 1 is 1.12 bits per heavy atom. The minimum atomic E-state index is -0.857. The van der Waals surface area contributed by atoms with Gasteiger partial charge in [0, 0.05) is 12.0 Å². The highest BCUT2D eigenvalue weighted by atomic mass is 19.1. The Balaban J connectivity index is 1.90. The summed E-state index contributed by atoms with van der Waals surface area (Å²) >= 11 is 0. The number of hydrogen-bond acceptors (Lipinski definition) is 3. The summed E-state index contributed by atoms with van der Waals surface area (Å²) in [6.07, 6.45) is 3.42. The molecule has 2 aromatic rings. The normalized spacial score (nSPS) is 10.7. The van der Waals surface area contributed by atoms with E-state index in [4.69, 9.17) is 9.84 Å². The van der Waals surface area contributed by atoms with E-state index in [2.05, 4.69) is 0 Å². The van der Waals surface area contributed by atoms with Crippen molar-refractivity contribution in [2.75, 3.05) is 6.61 Å². The largest absolute Gasteiger partial charge is 0.494 e. The molecule has 0 aliphatic rings. The molecule has 0 aromatic heterocycles. The van der Waals surface area contributed by atoms with E-state index in [0.29, 0.717) is 29.9 Å². The average Bonchev–Trinajstić information content (AvgIpc) is 2.57. The zero-order valence-electron chi connectivity index (χ0n) is 12.9. The molecule has 0 aliphatic heterocycles. The van der Waals surface area contributed by atoms with Crippen LogP contribution in [0.3, 0.4) is 0 Å². The number of carboxylic acids is 1. The van der Waals surface area contributed by atoms with Crippen molar-refractivity contribution in [1.29, 1.82) is 0 Å². The molecule has 2 rings (SSSR count). The lowest BCUT2D eigenvalue weighted by Gasteiger charge is -2.05. The number of carbonyl (C=O) groups excluding carboxylic acids is 1. The van der Waals surface area contributed by atoms with Gasteiger partial charge in [-0.25, -0.2) is 4.39 Å². The Morgan fingerprint density at radius 3 is 2.54 bits per heavy atom. The summed E-state index contributed by atoms with van der Waals surface area (Å²) in [5, 5.41) is 8.54.